The van der Waals surface area contributed by atoms with E-state index in [4.69, 9.17) is 11.5 Å². The molecule has 2 saturated heterocycles. The number of rotatable bonds is 4. The van der Waals surface area contributed by atoms with Crippen LogP contribution in [0.5, 0.6) is 0 Å². The smallest absolute Gasteiger partial charge is 0.223 e. The van der Waals surface area contributed by atoms with Crippen LogP contribution in [-0.2, 0) is 19.2 Å². The first-order valence-corrected chi connectivity index (χ1v) is 7.30. The molecule has 4 N–H and O–H groups in total. The Bertz CT molecular complexity index is 434. The Morgan fingerprint density at radius 2 is 1.17 bits per heavy atom. The molecular weight excluding hydrogens is 359 g/mol. The predicted molar refractivity (Wildman–Crippen MR) is 94.2 cm³/mol. The van der Waals surface area contributed by atoms with Gasteiger partial charge in [0.05, 0.1) is 25.2 Å². The summed E-state index contributed by atoms with van der Waals surface area (Å²) in [6.45, 7) is 0.0601. The number of amides is 2. The van der Waals surface area contributed by atoms with Gasteiger partial charge in [0.25, 0.3) is 0 Å². The molecule has 2 aliphatic heterocycles. The number of halogens is 2. The lowest BCUT2D eigenvalue weighted by Crippen LogP contribution is -2.38. The van der Waals surface area contributed by atoms with Crippen molar-refractivity contribution in [3.63, 3.8) is 0 Å². The highest BCUT2D eigenvalue weighted by Gasteiger charge is 2.32. The average Bonchev–Trinajstić information content (AvgIpc) is 3.02. The summed E-state index contributed by atoms with van der Waals surface area (Å²) >= 11 is 0. The molecule has 8 nitrogen and oxygen atoms in total. The van der Waals surface area contributed by atoms with Gasteiger partial charge in [-0.15, -0.1) is 24.8 Å². The van der Waals surface area contributed by atoms with Crippen LogP contribution in [0, 0.1) is 0 Å². The Balaban J connectivity index is 0. The van der Waals surface area contributed by atoms with E-state index >= 15 is 0 Å². The second kappa shape index (κ2) is 11.4. The third-order valence-electron chi connectivity index (χ3n) is 4.13. The zero-order chi connectivity index (χ0) is 16.9. The van der Waals surface area contributed by atoms with Crippen LogP contribution in [0.3, 0.4) is 0 Å². The molecule has 2 heterocycles. The largest absolute Gasteiger partial charge is 0.336 e. The molecule has 2 aliphatic rings. The minimum atomic E-state index is -0.257. The molecule has 0 saturated carbocycles. The Labute approximate surface area is 154 Å². The van der Waals surface area contributed by atoms with E-state index in [-0.39, 0.29) is 73.4 Å². The normalized spacial score (nSPS) is 22.3. The summed E-state index contributed by atoms with van der Waals surface area (Å²) in [6, 6.07) is -0.514. The van der Waals surface area contributed by atoms with Gasteiger partial charge in [0, 0.05) is 26.9 Å². The monoisotopic (exact) mass is 384 g/mol. The second-order valence-corrected chi connectivity index (χ2v) is 5.46. The van der Waals surface area contributed by atoms with Gasteiger partial charge in [0.1, 0.15) is 0 Å². The number of ketones is 2. The van der Waals surface area contributed by atoms with Crippen molar-refractivity contribution < 1.29 is 19.2 Å². The molecule has 2 atom stereocenters. The van der Waals surface area contributed by atoms with Crippen molar-refractivity contribution in [2.75, 3.05) is 27.2 Å². The van der Waals surface area contributed by atoms with Crippen molar-refractivity contribution in [3.05, 3.63) is 0 Å². The molecule has 0 aliphatic carbocycles. The molecule has 0 unspecified atom stereocenters. The lowest BCUT2D eigenvalue weighted by molar-refractivity contribution is -0.132. The van der Waals surface area contributed by atoms with Crippen molar-refractivity contribution in [2.45, 2.75) is 37.8 Å². The van der Waals surface area contributed by atoms with Crippen LogP contribution in [0.2, 0.25) is 0 Å². The molecular formula is C14H26Cl2N4O4. The second-order valence-electron chi connectivity index (χ2n) is 5.46. The molecule has 24 heavy (non-hydrogen) atoms. The number of nitrogens with zero attached hydrogens (tertiary/aromatic N) is 2. The molecule has 2 amide bonds. The summed E-state index contributed by atoms with van der Waals surface area (Å²) in [5.74, 6) is -0.00898. The highest BCUT2D eigenvalue weighted by atomic mass is 35.5. The molecule has 140 valence electrons. The van der Waals surface area contributed by atoms with Gasteiger partial charge in [-0.3, -0.25) is 19.2 Å². The summed E-state index contributed by atoms with van der Waals surface area (Å²) in [6.07, 6.45) is 2.22. The summed E-state index contributed by atoms with van der Waals surface area (Å²) in [4.78, 5) is 46.9. The molecule has 0 aromatic heterocycles. The maximum absolute atomic E-state index is 11.1. The standard InChI is InChI=1S/2C7H12N2O2.2ClH/c2*1-9-5(6(10)4-8)2-3-7(9)11;;/h2*5H,2-4,8H2,1H3;2*1H/t2*5-;;/m10../s1. The molecule has 2 rings (SSSR count). The van der Waals surface area contributed by atoms with Crippen molar-refractivity contribution in [1.29, 1.82) is 0 Å². The lowest BCUT2D eigenvalue weighted by Gasteiger charge is -2.17. The first kappa shape index (κ1) is 25.0. The van der Waals surface area contributed by atoms with Crippen molar-refractivity contribution in [1.82, 2.24) is 9.80 Å². The van der Waals surface area contributed by atoms with Crippen LogP contribution >= 0.6 is 24.8 Å². The maximum atomic E-state index is 11.1. The van der Waals surface area contributed by atoms with Crippen molar-refractivity contribution in [3.8, 4) is 0 Å². The van der Waals surface area contributed by atoms with E-state index in [1.54, 1.807) is 14.1 Å². The summed E-state index contributed by atoms with van der Waals surface area (Å²) < 4.78 is 0. The Kier molecular flexibility index (Phi) is 11.8. The number of likely N-dealkylation sites (tertiary alicyclic amines) is 2. The van der Waals surface area contributed by atoms with Crippen molar-refractivity contribution in [2.24, 2.45) is 11.5 Å². The number of likely N-dealkylation sites (N-methyl/N-ethyl adjacent to an activating group) is 2. The predicted octanol–water partition coefficient (Wildman–Crippen LogP) is -0.886. The van der Waals surface area contributed by atoms with Gasteiger partial charge in [-0.25, -0.2) is 0 Å². The lowest BCUT2D eigenvalue weighted by atomic mass is 10.1. The number of carbonyl (C=O) groups excluding carboxylic acids is 4. The van der Waals surface area contributed by atoms with E-state index in [9.17, 15) is 19.2 Å². The van der Waals surface area contributed by atoms with Gasteiger partial charge in [0.2, 0.25) is 11.8 Å². The van der Waals surface area contributed by atoms with Gasteiger partial charge >= 0.3 is 0 Å². The topological polar surface area (TPSA) is 127 Å². The van der Waals surface area contributed by atoms with E-state index in [2.05, 4.69) is 0 Å². The minimum absolute atomic E-state index is 0. The molecule has 0 spiro atoms. The summed E-state index contributed by atoms with van der Waals surface area (Å²) in [5.41, 5.74) is 10.3. The molecule has 0 aromatic rings. The molecule has 0 radical (unpaired) electrons. The van der Waals surface area contributed by atoms with Crippen LogP contribution in [0.15, 0.2) is 0 Å². The molecule has 10 heteroatoms. The highest BCUT2D eigenvalue weighted by molar-refractivity contribution is 5.93. The van der Waals surface area contributed by atoms with E-state index < -0.39 is 0 Å². The van der Waals surface area contributed by atoms with E-state index in [1.165, 1.54) is 9.80 Å². The zero-order valence-corrected chi connectivity index (χ0v) is 15.5. The van der Waals surface area contributed by atoms with E-state index in [0.29, 0.717) is 25.7 Å². The first-order chi connectivity index (χ1) is 10.3. The van der Waals surface area contributed by atoms with Crippen molar-refractivity contribution >= 4 is 48.2 Å². The fraction of sp³-hybridized carbons (Fsp3) is 0.714. The minimum Gasteiger partial charge on any atom is -0.336 e. The number of carbonyl (C=O) groups is 4. The third kappa shape index (κ3) is 6.01. The SMILES string of the molecule is CN1C(=O)CC[C@@H]1C(=O)CN.CN1C(=O)CC[C@H]1C(=O)CN.Cl.Cl. The number of nitrogens with two attached hydrogens (primary N) is 2. The fourth-order valence-corrected chi connectivity index (χ4v) is 2.63. The Morgan fingerprint density at radius 3 is 1.33 bits per heavy atom. The maximum Gasteiger partial charge on any atom is 0.223 e. The van der Waals surface area contributed by atoms with Crippen LogP contribution in [0.1, 0.15) is 25.7 Å². The van der Waals surface area contributed by atoms with Gasteiger partial charge in [-0.2, -0.15) is 0 Å². The summed E-state index contributed by atoms with van der Waals surface area (Å²) in [7, 11) is 3.29. The van der Waals surface area contributed by atoms with E-state index in [0.717, 1.165) is 0 Å². The molecule has 0 aromatic carbocycles. The van der Waals surface area contributed by atoms with Crippen LogP contribution in [-0.4, -0.2) is 72.4 Å². The number of hydrogen-bond acceptors (Lipinski definition) is 6. The van der Waals surface area contributed by atoms with Gasteiger partial charge in [-0.1, -0.05) is 0 Å². The third-order valence-corrected chi connectivity index (χ3v) is 4.13. The number of hydrogen-bond donors (Lipinski definition) is 2. The van der Waals surface area contributed by atoms with Gasteiger partial charge < -0.3 is 21.3 Å². The fourth-order valence-electron chi connectivity index (χ4n) is 2.63. The first-order valence-electron chi connectivity index (χ1n) is 7.30. The quantitative estimate of drug-likeness (QED) is 0.647. The van der Waals surface area contributed by atoms with E-state index in [1.807, 2.05) is 0 Å². The zero-order valence-electron chi connectivity index (χ0n) is 13.9. The van der Waals surface area contributed by atoms with Crippen LogP contribution in [0.25, 0.3) is 0 Å². The van der Waals surface area contributed by atoms with Gasteiger partial charge in [0.15, 0.2) is 11.6 Å². The Hall–Kier alpha value is -1.22. The van der Waals surface area contributed by atoms with Gasteiger partial charge in [-0.05, 0) is 12.8 Å². The molecule has 0 bridgehead atoms. The average molecular weight is 385 g/mol. The highest BCUT2D eigenvalue weighted by Crippen LogP contribution is 2.17. The van der Waals surface area contributed by atoms with Crippen LogP contribution < -0.4 is 11.5 Å². The van der Waals surface area contributed by atoms with Crippen LogP contribution in [0.4, 0.5) is 0 Å². The summed E-state index contributed by atoms with van der Waals surface area (Å²) in [5, 5.41) is 0. The Morgan fingerprint density at radius 1 is 0.875 bits per heavy atom. The molecule has 2 fully saturated rings. The number of Topliss-reactive ketones (excluding diaryl/α,β-unsaturated/α-hetero) is 2.